The third kappa shape index (κ3) is 5.31. The van der Waals surface area contributed by atoms with E-state index in [0.29, 0.717) is 44.2 Å². The number of carbonyl (C=O) groups excluding carboxylic acids is 2. The van der Waals surface area contributed by atoms with Gasteiger partial charge in [0.25, 0.3) is 0 Å². The molecular weight excluding hydrogens is 358 g/mol. The van der Waals surface area contributed by atoms with E-state index in [2.05, 4.69) is 20.8 Å². The van der Waals surface area contributed by atoms with Crippen molar-refractivity contribution >= 4 is 11.9 Å². The van der Waals surface area contributed by atoms with Crippen molar-refractivity contribution in [1.29, 1.82) is 0 Å². The number of nitrogens with zero attached hydrogens (tertiary/aromatic N) is 3. The maximum Gasteiger partial charge on any atom is 0.318 e. The van der Waals surface area contributed by atoms with E-state index in [-0.39, 0.29) is 18.0 Å². The van der Waals surface area contributed by atoms with E-state index in [9.17, 15) is 9.59 Å². The number of hydrogen-bond donors (Lipinski definition) is 2. The molecule has 1 unspecified atom stereocenters. The number of likely N-dealkylation sites (tertiary alicyclic amines) is 1. The van der Waals surface area contributed by atoms with E-state index in [0.717, 1.165) is 19.3 Å². The monoisotopic (exact) mass is 385 g/mol. The number of benzene rings is 1. The van der Waals surface area contributed by atoms with Gasteiger partial charge in [0.15, 0.2) is 5.82 Å². The first kappa shape index (κ1) is 19.9. The Hall–Kier alpha value is -2.90. The Morgan fingerprint density at radius 2 is 2.04 bits per heavy atom. The molecule has 28 heavy (non-hydrogen) atoms. The van der Waals surface area contributed by atoms with Gasteiger partial charge in [-0.1, -0.05) is 35.5 Å². The minimum Gasteiger partial charge on any atom is -0.356 e. The summed E-state index contributed by atoms with van der Waals surface area (Å²) < 4.78 is 5.29. The van der Waals surface area contributed by atoms with Crippen LogP contribution in [-0.4, -0.2) is 46.6 Å². The van der Waals surface area contributed by atoms with Gasteiger partial charge in [0, 0.05) is 32.5 Å². The van der Waals surface area contributed by atoms with E-state index in [1.54, 1.807) is 4.90 Å². The molecule has 0 bridgehead atoms. The number of carbonyl (C=O) groups is 2. The highest BCUT2D eigenvalue weighted by atomic mass is 16.5. The Kier molecular flexibility index (Phi) is 7.00. The van der Waals surface area contributed by atoms with Crippen molar-refractivity contribution < 1.29 is 14.1 Å². The number of nitrogens with one attached hydrogen (secondary N) is 2. The lowest BCUT2D eigenvalue weighted by molar-refractivity contribution is -0.121. The molecule has 1 fully saturated rings. The van der Waals surface area contributed by atoms with Gasteiger partial charge in [-0.15, -0.1) is 0 Å². The molecule has 0 saturated carbocycles. The molecule has 1 saturated heterocycles. The average molecular weight is 385 g/mol. The molecule has 0 radical (unpaired) electrons. The number of amides is 3. The van der Waals surface area contributed by atoms with Gasteiger partial charge >= 0.3 is 6.03 Å². The second kappa shape index (κ2) is 9.87. The van der Waals surface area contributed by atoms with Crippen LogP contribution in [0.25, 0.3) is 0 Å². The van der Waals surface area contributed by atoms with Crippen molar-refractivity contribution in [3.8, 4) is 0 Å². The van der Waals surface area contributed by atoms with Gasteiger partial charge in [-0.05, 0) is 31.7 Å². The summed E-state index contributed by atoms with van der Waals surface area (Å²) in [6.07, 6.45) is 3.21. The van der Waals surface area contributed by atoms with Crippen LogP contribution in [-0.2, 0) is 17.6 Å². The topological polar surface area (TPSA) is 100 Å². The predicted molar refractivity (Wildman–Crippen MR) is 104 cm³/mol. The highest BCUT2D eigenvalue weighted by molar-refractivity contribution is 5.76. The third-order valence-electron chi connectivity index (χ3n) is 4.77. The molecule has 3 amide bonds. The van der Waals surface area contributed by atoms with Gasteiger partial charge in [0.1, 0.15) is 0 Å². The highest BCUT2D eigenvalue weighted by Gasteiger charge is 2.33. The standard InChI is InChI=1S/C20H27N5O3/c1-2-21-20(27)25-14-6-9-16(25)19-23-18(28-24-19)11-10-17(26)22-13-12-15-7-4-3-5-8-15/h3-5,7-8,16H,2,6,9-14H2,1H3,(H,21,27)(H,22,26). The molecule has 8 heteroatoms. The fourth-order valence-corrected chi connectivity index (χ4v) is 3.34. The van der Waals surface area contributed by atoms with Crippen LogP contribution in [0.5, 0.6) is 0 Å². The van der Waals surface area contributed by atoms with Gasteiger partial charge in [-0.25, -0.2) is 4.79 Å². The fourth-order valence-electron chi connectivity index (χ4n) is 3.34. The summed E-state index contributed by atoms with van der Waals surface area (Å²) in [5, 5.41) is 9.75. The summed E-state index contributed by atoms with van der Waals surface area (Å²) >= 11 is 0. The summed E-state index contributed by atoms with van der Waals surface area (Å²) in [7, 11) is 0. The van der Waals surface area contributed by atoms with Crippen LogP contribution in [0.3, 0.4) is 0 Å². The molecule has 2 aromatic rings. The van der Waals surface area contributed by atoms with Gasteiger partial charge in [-0.3, -0.25) is 4.79 Å². The summed E-state index contributed by atoms with van der Waals surface area (Å²) in [5.74, 6) is 0.902. The van der Waals surface area contributed by atoms with E-state index in [1.807, 2.05) is 37.3 Å². The zero-order chi connectivity index (χ0) is 19.8. The third-order valence-corrected chi connectivity index (χ3v) is 4.77. The Morgan fingerprint density at radius 1 is 1.21 bits per heavy atom. The lowest BCUT2D eigenvalue weighted by atomic mass is 10.1. The number of rotatable bonds is 8. The molecule has 1 atom stereocenters. The van der Waals surface area contributed by atoms with Crippen molar-refractivity contribution in [2.24, 2.45) is 0 Å². The SMILES string of the molecule is CCNC(=O)N1CCCC1c1noc(CCC(=O)NCCc2ccccc2)n1. The minimum absolute atomic E-state index is 0.0412. The summed E-state index contributed by atoms with van der Waals surface area (Å²) in [5.41, 5.74) is 1.19. The highest BCUT2D eigenvalue weighted by Crippen LogP contribution is 2.30. The van der Waals surface area contributed by atoms with Crippen molar-refractivity contribution in [2.75, 3.05) is 19.6 Å². The molecule has 2 heterocycles. The molecule has 8 nitrogen and oxygen atoms in total. The van der Waals surface area contributed by atoms with Crippen LogP contribution in [0.15, 0.2) is 34.9 Å². The lowest BCUT2D eigenvalue weighted by Gasteiger charge is -2.22. The largest absolute Gasteiger partial charge is 0.356 e. The molecule has 0 spiro atoms. The smallest absolute Gasteiger partial charge is 0.318 e. The maximum absolute atomic E-state index is 12.1. The molecule has 3 rings (SSSR count). The zero-order valence-corrected chi connectivity index (χ0v) is 16.2. The van der Waals surface area contributed by atoms with Crippen molar-refractivity contribution in [3.63, 3.8) is 0 Å². The first-order valence-corrected chi connectivity index (χ1v) is 9.85. The Labute approximate surface area is 164 Å². The molecule has 2 N–H and O–H groups in total. The Bertz CT molecular complexity index is 777. The quantitative estimate of drug-likeness (QED) is 0.726. The van der Waals surface area contributed by atoms with Crippen LogP contribution < -0.4 is 10.6 Å². The second-order valence-corrected chi connectivity index (χ2v) is 6.82. The van der Waals surface area contributed by atoms with E-state index >= 15 is 0 Å². The average Bonchev–Trinajstić information content (AvgIpc) is 3.36. The first-order chi connectivity index (χ1) is 13.7. The molecule has 1 aliphatic rings. The van der Waals surface area contributed by atoms with Gasteiger partial charge < -0.3 is 20.1 Å². The normalized spacial score (nSPS) is 16.2. The molecule has 1 aromatic heterocycles. The van der Waals surface area contributed by atoms with Gasteiger partial charge in [0.05, 0.1) is 6.04 Å². The van der Waals surface area contributed by atoms with Crippen LogP contribution in [0.4, 0.5) is 4.79 Å². The van der Waals surface area contributed by atoms with Crippen molar-refractivity contribution in [2.45, 2.75) is 45.1 Å². The molecule has 1 aliphatic heterocycles. The minimum atomic E-state index is -0.163. The summed E-state index contributed by atoms with van der Waals surface area (Å²) in [6.45, 7) is 3.75. The van der Waals surface area contributed by atoms with Gasteiger partial charge in [-0.2, -0.15) is 4.98 Å². The van der Waals surface area contributed by atoms with Crippen LogP contribution in [0.1, 0.15) is 49.5 Å². The van der Waals surface area contributed by atoms with Crippen molar-refractivity contribution in [3.05, 3.63) is 47.6 Å². The predicted octanol–water partition coefficient (Wildman–Crippen LogP) is 2.23. The number of aromatic nitrogens is 2. The van der Waals surface area contributed by atoms with E-state index in [4.69, 9.17) is 4.52 Å². The molecule has 150 valence electrons. The van der Waals surface area contributed by atoms with E-state index < -0.39 is 0 Å². The van der Waals surface area contributed by atoms with Crippen molar-refractivity contribution in [1.82, 2.24) is 25.7 Å². The molecule has 1 aromatic carbocycles. The number of urea groups is 1. The van der Waals surface area contributed by atoms with Gasteiger partial charge in [0.2, 0.25) is 11.8 Å². The number of hydrogen-bond acceptors (Lipinski definition) is 5. The zero-order valence-electron chi connectivity index (χ0n) is 16.2. The van der Waals surface area contributed by atoms with Crippen LogP contribution in [0, 0.1) is 0 Å². The lowest BCUT2D eigenvalue weighted by Crippen LogP contribution is -2.39. The number of aryl methyl sites for hydroxylation is 1. The maximum atomic E-state index is 12.1. The fraction of sp³-hybridized carbons (Fsp3) is 0.500. The Balaban J connectivity index is 1.44. The molecule has 0 aliphatic carbocycles. The first-order valence-electron chi connectivity index (χ1n) is 9.85. The van der Waals surface area contributed by atoms with Crippen LogP contribution >= 0.6 is 0 Å². The molecular formula is C20H27N5O3. The Morgan fingerprint density at radius 3 is 2.82 bits per heavy atom. The van der Waals surface area contributed by atoms with Crippen LogP contribution in [0.2, 0.25) is 0 Å². The second-order valence-electron chi connectivity index (χ2n) is 6.82. The summed E-state index contributed by atoms with van der Waals surface area (Å²) in [4.78, 5) is 30.3. The van der Waals surface area contributed by atoms with E-state index in [1.165, 1.54) is 5.56 Å². The summed E-state index contributed by atoms with van der Waals surface area (Å²) in [6, 6.07) is 9.77.